The average molecular weight is 282 g/mol. The molecule has 0 saturated carbocycles. The molecule has 0 spiro atoms. The molecule has 1 aromatic rings. The largest absolute Gasteiger partial charge is 0.465 e. The van der Waals surface area contributed by atoms with Crippen molar-refractivity contribution < 1.29 is 9.53 Å². The number of likely N-dealkylation sites (tertiary alicyclic amines) is 1. The van der Waals surface area contributed by atoms with Crippen LogP contribution >= 0.6 is 11.3 Å². The number of hydrogen-bond acceptors (Lipinski definition) is 5. The predicted octanol–water partition coefficient (Wildman–Crippen LogP) is 2.79. The van der Waals surface area contributed by atoms with Gasteiger partial charge in [-0.25, -0.2) is 4.98 Å². The topological polar surface area (TPSA) is 42.4 Å². The van der Waals surface area contributed by atoms with Gasteiger partial charge in [0.1, 0.15) is 6.04 Å². The van der Waals surface area contributed by atoms with Gasteiger partial charge in [0.05, 0.1) is 17.3 Å². The molecule has 1 atom stereocenters. The third-order valence-corrected chi connectivity index (χ3v) is 4.54. The van der Waals surface area contributed by atoms with Crippen molar-refractivity contribution in [1.29, 1.82) is 0 Å². The Morgan fingerprint density at radius 3 is 3.05 bits per heavy atom. The van der Waals surface area contributed by atoms with E-state index in [1.165, 1.54) is 5.01 Å². The highest BCUT2D eigenvalue weighted by atomic mass is 32.1. The Morgan fingerprint density at radius 1 is 1.63 bits per heavy atom. The SMILES string of the molecule is CCOC(=O)C1CCCN1Cc1csc(C(C)C)n1. The van der Waals surface area contributed by atoms with Gasteiger partial charge in [-0.05, 0) is 26.3 Å². The summed E-state index contributed by atoms with van der Waals surface area (Å²) < 4.78 is 5.14. The van der Waals surface area contributed by atoms with Crippen molar-refractivity contribution in [2.45, 2.75) is 52.1 Å². The molecular formula is C14H22N2O2S. The highest BCUT2D eigenvalue weighted by Gasteiger charge is 2.32. The molecule has 4 nitrogen and oxygen atoms in total. The lowest BCUT2D eigenvalue weighted by atomic mass is 10.2. The van der Waals surface area contributed by atoms with Crippen LogP contribution in [0.3, 0.4) is 0 Å². The molecule has 19 heavy (non-hydrogen) atoms. The Kier molecular flexibility index (Phi) is 4.93. The van der Waals surface area contributed by atoms with Gasteiger partial charge in [0.15, 0.2) is 0 Å². The lowest BCUT2D eigenvalue weighted by Gasteiger charge is -2.21. The predicted molar refractivity (Wildman–Crippen MR) is 76.3 cm³/mol. The second-order valence-corrected chi connectivity index (χ2v) is 6.10. The van der Waals surface area contributed by atoms with Crippen molar-refractivity contribution in [3.8, 4) is 0 Å². The lowest BCUT2D eigenvalue weighted by Crippen LogP contribution is -2.36. The molecule has 1 aromatic heterocycles. The lowest BCUT2D eigenvalue weighted by molar-refractivity contribution is -0.148. The second kappa shape index (κ2) is 6.48. The molecule has 0 radical (unpaired) electrons. The van der Waals surface area contributed by atoms with Crippen LogP contribution < -0.4 is 0 Å². The van der Waals surface area contributed by atoms with Gasteiger partial charge in [0.2, 0.25) is 0 Å². The molecule has 1 aliphatic heterocycles. The molecule has 0 amide bonds. The first-order valence-corrected chi connectivity index (χ1v) is 7.84. The van der Waals surface area contributed by atoms with E-state index in [4.69, 9.17) is 4.74 Å². The fourth-order valence-electron chi connectivity index (χ4n) is 2.39. The molecule has 1 aliphatic rings. The minimum atomic E-state index is -0.0840. The van der Waals surface area contributed by atoms with Crippen molar-refractivity contribution in [3.63, 3.8) is 0 Å². The van der Waals surface area contributed by atoms with Crippen molar-refractivity contribution in [2.24, 2.45) is 0 Å². The Bertz CT molecular complexity index is 431. The summed E-state index contributed by atoms with van der Waals surface area (Å²) >= 11 is 1.71. The monoisotopic (exact) mass is 282 g/mol. The molecule has 0 aromatic carbocycles. The number of carbonyl (C=O) groups excluding carboxylic acids is 1. The number of hydrogen-bond donors (Lipinski definition) is 0. The van der Waals surface area contributed by atoms with E-state index < -0.39 is 0 Å². The highest BCUT2D eigenvalue weighted by Crippen LogP contribution is 2.24. The van der Waals surface area contributed by atoms with Gasteiger partial charge >= 0.3 is 5.97 Å². The number of carbonyl (C=O) groups is 1. The molecule has 2 rings (SSSR count). The summed E-state index contributed by atoms with van der Waals surface area (Å²) in [5.41, 5.74) is 1.07. The first kappa shape index (κ1) is 14.5. The van der Waals surface area contributed by atoms with Crippen LogP contribution in [-0.2, 0) is 16.1 Å². The van der Waals surface area contributed by atoms with Crippen molar-refractivity contribution in [1.82, 2.24) is 9.88 Å². The summed E-state index contributed by atoms with van der Waals surface area (Å²) in [6.07, 6.45) is 1.96. The average Bonchev–Trinajstić information content (AvgIpc) is 2.99. The Hall–Kier alpha value is -0.940. The number of esters is 1. The first-order valence-electron chi connectivity index (χ1n) is 6.96. The third kappa shape index (κ3) is 3.54. The van der Waals surface area contributed by atoms with Crippen LogP contribution in [-0.4, -0.2) is 35.0 Å². The molecule has 1 fully saturated rings. The van der Waals surface area contributed by atoms with Gasteiger partial charge in [-0.1, -0.05) is 13.8 Å². The van der Waals surface area contributed by atoms with Crippen LogP contribution in [0.2, 0.25) is 0 Å². The van der Waals surface area contributed by atoms with E-state index >= 15 is 0 Å². The summed E-state index contributed by atoms with van der Waals surface area (Å²) in [4.78, 5) is 18.7. The number of aromatic nitrogens is 1. The zero-order valence-electron chi connectivity index (χ0n) is 11.9. The minimum absolute atomic E-state index is 0.0795. The fraction of sp³-hybridized carbons (Fsp3) is 0.714. The zero-order valence-corrected chi connectivity index (χ0v) is 12.7. The fourth-order valence-corrected chi connectivity index (χ4v) is 3.22. The maximum atomic E-state index is 11.9. The Balaban J connectivity index is 1.98. The minimum Gasteiger partial charge on any atom is -0.465 e. The van der Waals surface area contributed by atoms with E-state index in [0.717, 1.165) is 31.6 Å². The van der Waals surface area contributed by atoms with E-state index in [1.54, 1.807) is 11.3 Å². The maximum Gasteiger partial charge on any atom is 0.323 e. The van der Waals surface area contributed by atoms with Crippen LogP contribution in [0.4, 0.5) is 0 Å². The molecule has 0 N–H and O–H groups in total. The van der Waals surface area contributed by atoms with Gasteiger partial charge < -0.3 is 4.74 Å². The van der Waals surface area contributed by atoms with E-state index in [-0.39, 0.29) is 12.0 Å². The number of nitrogens with zero attached hydrogens (tertiary/aromatic N) is 2. The van der Waals surface area contributed by atoms with Crippen LogP contribution in [0, 0.1) is 0 Å². The number of rotatable bonds is 5. The highest BCUT2D eigenvalue weighted by molar-refractivity contribution is 7.09. The van der Waals surface area contributed by atoms with Crippen LogP contribution in [0.5, 0.6) is 0 Å². The molecule has 2 heterocycles. The van der Waals surface area contributed by atoms with E-state index in [1.807, 2.05) is 6.92 Å². The van der Waals surface area contributed by atoms with Crippen molar-refractivity contribution in [2.75, 3.05) is 13.2 Å². The summed E-state index contributed by atoms with van der Waals surface area (Å²) in [7, 11) is 0. The van der Waals surface area contributed by atoms with Crippen LogP contribution in [0.1, 0.15) is 50.2 Å². The molecule has 1 unspecified atom stereocenters. The summed E-state index contributed by atoms with van der Waals surface area (Å²) in [6, 6.07) is -0.0795. The van der Waals surface area contributed by atoms with Crippen LogP contribution in [0.15, 0.2) is 5.38 Å². The van der Waals surface area contributed by atoms with Crippen molar-refractivity contribution in [3.05, 3.63) is 16.1 Å². The van der Waals surface area contributed by atoms with E-state index in [0.29, 0.717) is 12.5 Å². The Labute approximate surface area is 118 Å². The Morgan fingerprint density at radius 2 is 2.42 bits per heavy atom. The smallest absolute Gasteiger partial charge is 0.323 e. The van der Waals surface area contributed by atoms with Crippen molar-refractivity contribution >= 4 is 17.3 Å². The zero-order chi connectivity index (χ0) is 13.8. The molecule has 5 heteroatoms. The second-order valence-electron chi connectivity index (χ2n) is 5.21. The molecule has 106 valence electrons. The summed E-state index contributed by atoms with van der Waals surface area (Å²) in [6.45, 7) is 8.33. The molecule has 1 saturated heterocycles. The normalized spacial score (nSPS) is 20.1. The summed E-state index contributed by atoms with van der Waals surface area (Å²) in [5.74, 6) is 0.387. The van der Waals surface area contributed by atoms with E-state index in [2.05, 4.69) is 29.1 Å². The number of ether oxygens (including phenoxy) is 1. The summed E-state index contributed by atoms with van der Waals surface area (Å²) in [5, 5.41) is 3.28. The molecule has 0 aliphatic carbocycles. The number of thiazole rings is 1. The van der Waals surface area contributed by atoms with Gasteiger partial charge in [-0.2, -0.15) is 0 Å². The first-order chi connectivity index (χ1) is 9.11. The third-order valence-electron chi connectivity index (χ3n) is 3.35. The van der Waals surface area contributed by atoms with E-state index in [9.17, 15) is 4.79 Å². The maximum absolute atomic E-state index is 11.9. The van der Waals surface area contributed by atoms with Gasteiger partial charge in [0, 0.05) is 17.8 Å². The van der Waals surface area contributed by atoms with Crippen LogP contribution in [0.25, 0.3) is 0 Å². The van der Waals surface area contributed by atoms with Gasteiger partial charge in [-0.15, -0.1) is 11.3 Å². The van der Waals surface area contributed by atoms with Gasteiger partial charge in [-0.3, -0.25) is 9.69 Å². The molecular weight excluding hydrogens is 260 g/mol. The standard InChI is InChI=1S/C14H22N2O2S/c1-4-18-14(17)12-6-5-7-16(12)8-11-9-19-13(15-11)10(2)3/h9-10,12H,4-8H2,1-3H3. The quantitative estimate of drug-likeness (QED) is 0.779. The van der Waals surface area contributed by atoms with Gasteiger partial charge in [0.25, 0.3) is 0 Å². The molecule has 0 bridgehead atoms.